The largest absolute Gasteiger partial charge is 0.437 e. The van der Waals surface area contributed by atoms with Crippen LogP contribution in [-0.4, -0.2) is 28.6 Å². The van der Waals surface area contributed by atoms with Crippen LogP contribution in [0.25, 0.3) is 11.5 Å². The quantitative estimate of drug-likeness (QED) is 0.710. The zero-order valence-corrected chi connectivity index (χ0v) is 14.2. The van der Waals surface area contributed by atoms with Crippen LogP contribution in [0, 0.1) is 5.82 Å². The van der Waals surface area contributed by atoms with Gasteiger partial charge < -0.3 is 15.1 Å². The van der Waals surface area contributed by atoms with E-state index in [-0.39, 0.29) is 18.3 Å². The van der Waals surface area contributed by atoms with E-state index >= 15 is 0 Å². The topological polar surface area (TPSA) is 106 Å². The van der Waals surface area contributed by atoms with Crippen LogP contribution in [0.4, 0.5) is 10.1 Å². The van der Waals surface area contributed by atoms with E-state index in [4.69, 9.17) is 4.42 Å². The summed E-state index contributed by atoms with van der Waals surface area (Å²) in [6.07, 6.45) is 0. The van der Waals surface area contributed by atoms with Gasteiger partial charge >= 0.3 is 5.76 Å². The predicted octanol–water partition coefficient (Wildman–Crippen LogP) is 1.64. The lowest BCUT2D eigenvalue weighted by molar-refractivity contribution is -0.117. The second-order valence-electron chi connectivity index (χ2n) is 5.55. The number of amides is 2. The van der Waals surface area contributed by atoms with Gasteiger partial charge in [-0.25, -0.2) is 9.18 Å². The number of carbonyl (C=O) groups excluding carboxylic acids is 2. The highest BCUT2D eigenvalue weighted by atomic mass is 19.1. The summed E-state index contributed by atoms with van der Waals surface area (Å²) in [5.74, 6) is -2.08. The molecule has 0 fully saturated rings. The molecule has 138 valence electrons. The van der Waals surface area contributed by atoms with Crippen LogP contribution in [0.2, 0.25) is 0 Å². The highest BCUT2D eigenvalue weighted by Crippen LogP contribution is 2.15. The minimum Gasteiger partial charge on any atom is -0.388 e. The fourth-order valence-corrected chi connectivity index (χ4v) is 2.33. The van der Waals surface area contributed by atoms with Gasteiger partial charge in [-0.2, -0.15) is 4.68 Å². The average molecular weight is 370 g/mol. The standard InChI is InChI=1S/C18H15FN4O4/c1-20-16(25)12-3-2-4-14(9-12)21-15(24)10-23-18(26)27-17(22-23)11-5-7-13(19)8-6-11/h2-9H,10H2,1H3,(H,20,25)(H,21,24). The van der Waals surface area contributed by atoms with Crippen LogP contribution in [0.3, 0.4) is 0 Å². The van der Waals surface area contributed by atoms with Crippen molar-refractivity contribution in [2.24, 2.45) is 0 Å². The number of benzene rings is 2. The maximum absolute atomic E-state index is 13.0. The van der Waals surface area contributed by atoms with E-state index in [1.807, 2.05) is 0 Å². The summed E-state index contributed by atoms with van der Waals surface area (Å²) in [5.41, 5.74) is 1.19. The number of nitrogens with one attached hydrogen (secondary N) is 2. The molecule has 3 rings (SSSR count). The smallest absolute Gasteiger partial charge is 0.388 e. The number of halogens is 1. The lowest BCUT2D eigenvalue weighted by Crippen LogP contribution is -2.26. The molecule has 0 radical (unpaired) electrons. The molecule has 0 bridgehead atoms. The Labute approximate surface area is 152 Å². The van der Waals surface area contributed by atoms with Crippen molar-refractivity contribution in [1.29, 1.82) is 0 Å². The molecule has 0 aliphatic heterocycles. The van der Waals surface area contributed by atoms with Crippen molar-refractivity contribution in [2.45, 2.75) is 6.54 Å². The molecule has 2 aromatic carbocycles. The maximum Gasteiger partial charge on any atom is 0.437 e. The third kappa shape index (κ3) is 4.27. The number of hydrogen-bond donors (Lipinski definition) is 2. The highest BCUT2D eigenvalue weighted by molar-refractivity contribution is 5.96. The fraction of sp³-hybridized carbons (Fsp3) is 0.111. The van der Waals surface area contributed by atoms with Crippen molar-refractivity contribution < 1.29 is 18.4 Å². The van der Waals surface area contributed by atoms with Crippen molar-refractivity contribution in [2.75, 3.05) is 12.4 Å². The number of carbonyl (C=O) groups is 2. The molecule has 0 aliphatic rings. The first-order chi connectivity index (χ1) is 13.0. The Kier molecular flexibility index (Phi) is 5.11. The van der Waals surface area contributed by atoms with Gasteiger partial charge in [-0.1, -0.05) is 6.07 Å². The number of aromatic nitrogens is 2. The molecule has 0 atom stereocenters. The van der Waals surface area contributed by atoms with Crippen LogP contribution in [-0.2, 0) is 11.3 Å². The first kappa shape index (κ1) is 18.1. The second kappa shape index (κ2) is 7.65. The number of rotatable bonds is 5. The van der Waals surface area contributed by atoms with Gasteiger partial charge in [0.1, 0.15) is 12.4 Å². The van der Waals surface area contributed by atoms with Crippen molar-refractivity contribution in [3.63, 3.8) is 0 Å². The molecule has 1 heterocycles. The van der Waals surface area contributed by atoms with Crippen molar-refractivity contribution in [3.05, 3.63) is 70.5 Å². The average Bonchev–Trinajstić information content (AvgIpc) is 3.02. The zero-order chi connectivity index (χ0) is 19.4. The summed E-state index contributed by atoms with van der Waals surface area (Å²) in [7, 11) is 1.50. The van der Waals surface area contributed by atoms with E-state index in [0.717, 1.165) is 4.68 Å². The fourth-order valence-electron chi connectivity index (χ4n) is 2.33. The van der Waals surface area contributed by atoms with E-state index in [0.29, 0.717) is 16.8 Å². The molecule has 0 saturated carbocycles. The molecular weight excluding hydrogens is 355 g/mol. The Hall–Kier alpha value is -3.75. The third-order valence-electron chi connectivity index (χ3n) is 3.63. The van der Waals surface area contributed by atoms with E-state index in [1.54, 1.807) is 18.2 Å². The van der Waals surface area contributed by atoms with Gasteiger partial charge in [-0.15, -0.1) is 5.10 Å². The first-order valence-corrected chi connectivity index (χ1v) is 7.92. The van der Waals surface area contributed by atoms with Crippen molar-refractivity contribution >= 4 is 17.5 Å². The van der Waals surface area contributed by atoms with E-state index in [1.165, 1.54) is 37.4 Å². The number of nitrogens with zero attached hydrogens (tertiary/aromatic N) is 2. The second-order valence-corrected chi connectivity index (χ2v) is 5.55. The lowest BCUT2D eigenvalue weighted by atomic mass is 10.2. The Bertz CT molecular complexity index is 1040. The molecule has 3 aromatic rings. The predicted molar refractivity (Wildman–Crippen MR) is 94.6 cm³/mol. The summed E-state index contributed by atoms with van der Waals surface area (Å²) in [4.78, 5) is 35.7. The van der Waals surface area contributed by atoms with Gasteiger partial charge in [0.25, 0.3) is 5.91 Å². The summed E-state index contributed by atoms with van der Waals surface area (Å²) < 4.78 is 18.8. The van der Waals surface area contributed by atoms with Gasteiger partial charge in [0.05, 0.1) is 0 Å². The molecule has 2 amide bonds. The molecule has 9 heteroatoms. The van der Waals surface area contributed by atoms with Crippen LogP contribution >= 0.6 is 0 Å². The Morgan fingerprint density at radius 3 is 2.63 bits per heavy atom. The van der Waals surface area contributed by atoms with E-state index in [2.05, 4.69) is 15.7 Å². The highest BCUT2D eigenvalue weighted by Gasteiger charge is 2.14. The Morgan fingerprint density at radius 1 is 1.19 bits per heavy atom. The minimum absolute atomic E-state index is 0.0191. The summed E-state index contributed by atoms with van der Waals surface area (Å²) in [6.45, 7) is -0.381. The van der Waals surface area contributed by atoms with E-state index in [9.17, 15) is 18.8 Å². The molecule has 0 aliphatic carbocycles. The monoisotopic (exact) mass is 370 g/mol. The van der Waals surface area contributed by atoms with Crippen molar-refractivity contribution in [3.8, 4) is 11.5 Å². The molecule has 1 aromatic heterocycles. The van der Waals surface area contributed by atoms with Gasteiger partial charge in [-0.05, 0) is 42.5 Å². The summed E-state index contributed by atoms with van der Waals surface area (Å²) in [6, 6.07) is 11.6. The number of hydrogen-bond acceptors (Lipinski definition) is 5. The summed E-state index contributed by atoms with van der Waals surface area (Å²) >= 11 is 0. The minimum atomic E-state index is -0.816. The first-order valence-electron chi connectivity index (χ1n) is 7.92. The lowest BCUT2D eigenvalue weighted by Gasteiger charge is -2.06. The number of anilines is 1. The van der Waals surface area contributed by atoms with Crippen molar-refractivity contribution in [1.82, 2.24) is 15.1 Å². The van der Waals surface area contributed by atoms with Gasteiger partial charge in [-0.3, -0.25) is 9.59 Å². The van der Waals surface area contributed by atoms with E-state index < -0.39 is 17.5 Å². The molecule has 2 N–H and O–H groups in total. The Morgan fingerprint density at radius 2 is 1.93 bits per heavy atom. The molecule has 0 unspecified atom stereocenters. The normalized spacial score (nSPS) is 10.4. The van der Waals surface area contributed by atoms with Gasteiger partial charge in [0.2, 0.25) is 11.8 Å². The molecular formula is C18H15FN4O4. The van der Waals surface area contributed by atoms with Gasteiger partial charge in [0, 0.05) is 23.9 Å². The molecule has 8 nitrogen and oxygen atoms in total. The SMILES string of the molecule is CNC(=O)c1cccc(NC(=O)Cn2nc(-c3ccc(F)cc3)oc2=O)c1. The van der Waals surface area contributed by atoms with Crippen LogP contribution in [0.15, 0.2) is 57.7 Å². The van der Waals surface area contributed by atoms with Crippen LogP contribution in [0.1, 0.15) is 10.4 Å². The molecule has 0 spiro atoms. The molecule has 0 saturated heterocycles. The van der Waals surface area contributed by atoms with Crippen LogP contribution < -0.4 is 16.4 Å². The maximum atomic E-state index is 13.0. The van der Waals surface area contributed by atoms with Gasteiger partial charge in [0.15, 0.2) is 0 Å². The zero-order valence-electron chi connectivity index (χ0n) is 14.2. The summed E-state index contributed by atoms with van der Waals surface area (Å²) in [5, 5.41) is 9.01. The van der Waals surface area contributed by atoms with Crippen LogP contribution in [0.5, 0.6) is 0 Å². The third-order valence-corrected chi connectivity index (χ3v) is 3.63. The molecule has 27 heavy (non-hydrogen) atoms. The Balaban J connectivity index is 1.72.